The molecule has 2 fully saturated rings. The second-order valence-corrected chi connectivity index (χ2v) is 20.7. The van der Waals surface area contributed by atoms with E-state index in [1.54, 1.807) is 72.0 Å². The molecule has 1 saturated carbocycles. The number of aromatic nitrogens is 4. The summed E-state index contributed by atoms with van der Waals surface area (Å²) >= 11 is 1.68. The number of piperazine rings is 1. The predicted molar refractivity (Wildman–Crippen MR) is 284 cm³/mol. The fourth-order valence-corrected chi connectivity index (χ4v) is 11.4. The first-order valence-corrected chi connectivity index (χ1v) is 26.6. The average Bonchev–Trinajstić information content (AvgIpc) is 4.02. The third-order valence-electron chi connectivity index (χ3n) is 14.6. The van der Waals surface area contributed by atoms with Gasteiger partial charge in [-0.1, -0.05) is 49.1 Å². The Balaban J connectivity index is 0.812. The molecule has 5 amide bonds. The number of benzene rings is 2. The van der Waals surface area contributed by atoms with Crippen molar-refractivity contribution in [1.82, 2.24) is 50.4 Å². The topological polar surface area (TPSA) is 216 Å². The number of methoxy groups -OCH3 is 1. The highest BCUT2D eigenvalue weighted by molar-refractivity contribution is 7.15. The molecule has 2 aliphatic heterocycles. The number of ether oxygens (including phenoxy) is 3. The zero-order valence-electron chi connectivity index (χ0n) is 44.0. The van der Waals surface area contributed by atoms with Crippen molar-refractivity contribution < 1.29 is 38.2 Å². The average molecular weight is 1030 g/mol. The summed E-state index contributed by atoms with van der Waals surface area (Å²) in [4.78, 5) is 78.8. The number of nitrogens with zero attached hydrogens (tertiary/aromatic N) is 7. The maximum Gasteiger partial charge on any atom is 0.271 e. The van der Waals surface area contributed by atoms with Crippen LogP contribution in [0.25, 0.3) is 15.9 Å². The molecule has 20 heteroatoms. The van der Waals surface area contributed by atoms with Crippen LogP contribution >= 0.6 is 11.3 Å². The van der Waals surface area contributed by atoms with Gasteiger partial charge < -0.3 is 49.8 Å². The van der Waals surface area contributed by atoms with Gasteiger partial charge in [0.05, 0.1) is 62.8 Å². The van der Waals surface area contributed by atoms with E-state index in [1.165, 1.54) is 4.88 Å². The Labute approximate surface area is 436 Å². The number of fused-ring (bicyclic) bond motifs is 4. The lowest BCUT2D eigenvalue weighted by molar-refractivity contribution is -0.140. The molecule has 2 aromatic carbocycles. The Morgan fingerprint density at radius 3 is 2.19 bits per heavy atom. The smallest absolute Gasteiger partial charge is 0.271 e. The highest BCUT2D eigenvalue weighted by Crippen LogP contribution is 2.40. The molecule has 3 aromatic heterocycles. The predicted octanol–water partition coefficient (Wildman–Crippen LogP) is 4.88. The van der Waals surface area contributed by atoms with Gasteiger partial charge in [0.25, 0.3) is 11.8 Å². The Kier molecular flexibility index (Phi) is 17.6. The van der Waals surface area contributed by atoms with E-state index < -0.39 is 24.0 Å². The van der Waals surface area contributed by atoms with Crippen molar-refractivity contribution in [3.8, 4) is 10.8 Å². The standard InChI is InChI=1S/C54H71N11O8S/c1-32-14-16-38(17-15-32)46-44-33(2)35(4)74-54(44)65-36(5)60-61-49(65)41(58-46)31-43(66)56-20-26-72-28-29-73-27-21-57-51(68)45-40-19-18-39(71-8)30-42(40)62(7)48(45)53(70)64-24-22-63(23-25-64)52(69)47(37-12-10-9-11-13-37)59-50(67)34(3)55-6/h14-19,30,34,37,41,47,55H,9-13,20-29,31H2,1-8H3,(H,56,66)(H,57,68)(H,59,67)/t34-,41-,47?/m0/s1. The highest BCUT2D eigenvalue weighted by Gasteiger charge is 2.38. The second kappa shape index (κ2) is 24.2. The van der Waals surface area contributed by atoms with E-state index in [4.69, 9.17) is 19.2 Å². The molecule has 5 aromatic rings. The fourth-order valence-electron chi connectivity index (χ4n) is 10.2. The van der Waals surface area contributed by atoms with Crippen LogP contribution in [0.4, 0.5) is 0 Å². The first-order valence-electron chi connectivity index (χ1n) is 25.8. The summed E-state index contributed by atoms with van der Waals surface area (Å²) in [6.45, 7) is 12.6. The number of nitrogens with one attached hydrogen (secondary N) is 4. The van der Waals surface area contributed by atoms with Crippen molar-refractivity contribution in [2.45, 2.75) is 91.3 Å². The van der Waals surface area contributed by atoms with Gasteiger partial charge in [-0.05, 0) is 78.1 Å². The van der Waals surface area contributed by atoms with Gasteiger partial charge in [0, 0.05) is 73.8 Å². The minimum Gasteiger partial charge on any atom is -0.497 e. The van der Waals surface area contributed by atoms with Gasteiger partial charge in [0.15, 0.2) is 5.82 Å². The van der Waals surface area contributed by atoms with E-state index in [2.05, 4.69) is 76.5 Å². The van der Waals surface area contributed by atoms with Gasteiger partial charge in [0.1, 0.15) is 34.4 Å². The highest BCUT2D eigenvalue weighted by atomic mass is 32.1. The van der Waals surface area contributed by atoms with E-state index in [0.29, 0.717) is 35.6 Å². The lowest BCUT2D eigenvalue weighted by atomic mass is 9.83. The summed E-state index contributed by atoms with van der Waals surface area (Å²) in [5.41, 5.74) is 6.28. The van der Waals surface area contributed by atoms with Crippen molar-refractivity contribution in [2.75, 3.05) is 79.9 Å². The molecule has 0 bridgehead atoms. The first kappa shape index (κ1) is 53.8. The molecule has 8 rings (SSSR count). The Morgan fingerprint density at radius 2 is 1.51 bits per heavy atom. The van der Waals surface area contributed by atoms with Crippen LogP contribution in [0.1, 0.15) is 111 Å². The molecule has 1 saturated heterocycles. The second-order valence-electron chi connectivity index (χ2n) is 19.5. The summed E-state index contributed by atoms with van der Waals surface area (Å²) < 4.78 is 20.8. The molecule has 3 aliphatic rings. The molecular weight excluding hydrogens is 963 g/mol. The molecule has 1 aliphatic carbocycles. The Hall–Kier alpha value is -6.48. The number of aliphatic imine (C=N–C) groups is 1. The van der Waals surface area contributed by atoms with E-state index in [9.17, 15) is 24.0 Å². The lowest BCUT2D eigenvalue weighted by Crippen LogP contribution is -2.59. The maximum absolute atomic E-state index is 14.5. The van der Waals surface area contributed by atoms with Crippen LogP contribution in [0.5, 0.6) is 5.75 Å². The zero-order valence-corrected chi connectivity index (χ0v) is 44.8. The first-order chi connectivity index (χ1) is 35.7. The monoisotopic (exact) mass is 1030 g/mol. The molecule has 19 nitrogen and oxygen atoms in total. The zero-order chi connectivity index (χ0) is 52.6. The number of likely N-dealkylation sites (N-methyl/N-ethyl adjacent to an activating group) is 1. The van der Waals surface area contributed by atoms with Crippen LogP contribution in [0.2, 0.25) is 0 Å². The van der Waals surface area contributed by atoms with Gasteiger partial charge in [0.2, 0.25) is 17.7 Å². The van der Waals surface area contributed by atoms with Gasteiger partial charge >= 0.3 is 0 Å². The van der Waals surface area contributed by atoms with Crippen molar-refractivity contribution in [3.63, 3.8) is 0 Å². The normalized spacial score (nSPS) is 16.7. The van der Waals surface area contributed by atoms with Crippen LogP contribution < -0.4 is 26.0 Å². The Morgan fingerprint density at radius 1 is 0.838 bits per heavy atom. The number of hydrogen-bond acceptors (Lipinski definition) is 13. The van der Waals surface area contributed by atoms with Crippen molar-refractivity contribution in [2.24, 2.45) is 18.0 Å². The van der Waals surface area contributed by atoms with Crippen molar-refractivity contribution in [1.29, 1.82) is 0 Å². The number of rotatable bonds is 20. The quantitative estimate of drug-likeness (QED) is 0.0771. The molecule has 0 radical (unpaired) electrons. The van der Waals surface area contributed by atoms with Crippen LogP contribution in [0, 0.1) is 33.6 Å². The minimum absolute atomic E-state index is 0.0580. The summed E-state index contributed by atoms with van der Waals surface area (Å²) in [6.07, 6.45) is 5.00. The van der Waals surface area contributed by atoms with E-state index >= 15 is 0 Å². The van der Waals surface area contributed by atoms with Gasteiger partial charge in [-0.3, -0.25) is 33.5 Å². The van der Waals surface area contributed by atoms with Crippen molar-refractivity contribution in [3.05, 3.63) is 92.5 Å². The summed E-state index contributed by atoms with van der Waals surface area (Å²) in [5.74, 6) is 0.739. The van der Waals surface area contributed by atoms with Crippen LogP contribution in [-0.2, 0) is 30.9 Å². The molecule has 3 atom stereocenters. The third kappa shape index (κ3) is 11.7. The fraction of sp³-hybridized carbons (Fsp3) is 0.519. The van der Waals surface area contributed by atoms with E-state index in [0.717, 1.165) is 70.9 Å². The van der Waals surface area contributed by atoms with E-state index in [1.807, 2.05) is 11.5 Å². The minimum atomic E-state index is -0.626. The van der Waals surface area contributed by atoms with E-state index in [-0.39, 0.29) is 99.8 Å². The molecule has 5 heterocycles. The third-order valence-corrected chi connectivity index (χ3v) is 15.8. The largest absolute Gasteiger partial charge is 0.497 e. The summed E-state index contributed by atoms with van der Waals surface area (Å²) in [5, 5.41) is 22.4. The van der Waals surface area contributed by atoms with Crippen LogP contribution in [0.3, 0.4) is 0 Å². The molecular formula is C54H71N11O8S. The number of amides is 5. The molecule has 1 unspecified atom stereocenters. The van der Waals surface area contributed by atoms with Crippen LogP contribution in [0.15, 0.2) is 47.5 Å². The number of carbonyl (C=O) groups is 5. The van der Waals surface area contributed by atoms with Gasteiger partial charge in [-0.2, -0.15) is 0 Å². The van der Waals surface area contributed by atoms with Gasteiger partial charge in [-0.25, -0.2) is 0 Å². The number of hydrogen-bond donors (Lipinski definition) is 4. The molecule has 396 valence electrons. The number of thiophene rings is 1. The SMILES string of the molecule is CN[C@@H](C)C(=O)NC(C(=O)N1CCN(C(=O)c2c(C(=O)NCCOCCOCCNC(=O)C[C@@H]3N=C(c4ccc(C)cc4)c4c(sc(C)c4C)-n4c(C)nnc43)c3ccc(OC)cc3n2C)CC1)C1CCCCC1. The maximum atomic E-state index is 14.5. The molecule has 74 heavy (non-hydrogen) atoms. The summed E-state index contributed by atoms with van der Waals surface area (Å²) in [6, 6.07) is 12.0. The van der Waals surface area contributed by atoms with Gasteiger partial charge in [-0.15, -0.1) is 21.5 Å². The van der Waals surface area contributed by atoms with Crippen molar-refractivity contribution >= 4 is 57.5 Å². The molecule has 0 spiro atoms. The summed E-state index contributed by atoms with van der Waals surface area (Å²) in [7, 11) is 5.04. The molecule has 4 N–H and O–H groups in total. The number of carbonyl (C=O) groups excluding carboxylic acids is 5. The Bertz CT molecular complexity index is 2870. The van der Waals surface area contributed by atoms with Crippen LogP contribution in [-0.4, -0.2) is 156 Å². The lowest BCUT2D eigenvalue weighted by Gasteiger charge is -2.39. The number of aryl methyl sites for hydroxylation is 4.